The molecule has 1 aliphatic heterocycles. The molecule has 3 nitrogen and oxygen atoms in total. The fourth-order valence-corrected chi connectivity index (χ4v) is 3.30. The molecular formula is C17H10Cl2O3S. The summed E-state index contributed by atoms with van der Waals surface area (Å²) < 4.78 is 17.6. The van der Waals surface area contributed by atoms with E-state index in [0.29, 0.717) is 38.3 Å². The topological polar surface area (TPSA) is 31.6 Å². The molecule has 0 bridgehead atoms. The third-order valence-corrected chi connectivity index (χ3v) is 4.42. The van der Waals surface area contributed by atoms with Gasteiger partial charge in [-0.1, -0.05) is 35.4 Å². The number of fused-ring (bicyclic) bond motifs is 2. The molecular weight excluding hydrogens is 355 g/mol. The lowest BCUT2D eigenvalue weighted by Gasteiger charge is -2.20. The van der Waals surface area contributed by atoms with Crippen molar-refractivity contribution in [1.82, 2.24) is 0 Å². The third-order valence-electron chi connectivity index (χ3n) is 3.63. The fraction of sp³-hybridized carbons (Fsp3) is 0.118. The number of hydrogen-bond donors (Lipinski definition) is 0. The zero-order valence-corrected chi connectivity index (χ0v) is 14.1. The fourth-order valence-electron chi connectivity index (χ4n) is 2.62. The molecule has 3 aromatic rings. The minimum Gasteiger partial charge on any atom is -0.466 e. The normalized spacial score (nSPS) is 13.7. The summed E-state index contributed by atoms with van der Waals surface area (Å²) in [6.45, 7) is 0.651. The largest absolute Gasteiger partial charge is 0.466 e. The number of ether oxygens (including phenoxy) is 2. The lowest BCUT2D eigenvalue weighted by atomic mass is 10.1. The first-order chi connectivity index (χ1) is 11.1. The summed E-state index contributed by atoms with van der Waals surface area (Å²) in [5.41, 5.74) is 2.31. The molecule has 0 N–H and O–H groups in total. The van der Waals surface area contributed by atoms with Gasteiger partial charge in [-0.15, -0.1) is 0 Å². The van der Waals surface area contributed by atoms with E-state index in [4.69, 9.17) is 49.3 Å². The van der Waals surface area contributed by atoms with Crippen molar-refractivity contribution in [3.05, 3.63) is 56.5 Å². The smallest absolute Gasteiger partial charge is 0.189 e. The Kier molecular flexibility index (Phi) is 3.77. The molecule has 0 saturated carbocycles. The first-order valence-electron chi connectivity index (χ1n) is 6.88. The second-order valence-corrected chi connectivity index (χ2v) is 6.48. The summed E-state index contributed by atoms with van der Waals surface area (Å²) in [6.07, 6.45) is 0. The van der Waals surface area contributed by atoms with Gasteiger partial charge in [0, 0.05) is 27.1 Å². The predicted molar refractivity (Wildman–Crippen MR) is 92.8 cm³/mol. The molecule has 2 heterocycles. The molecule has 0 radical (unpaired) electrons. The van der Waals surface area contributed by atoms with E-state index in [2.05, 4.69) is 0 Å². The number of rotatable bonds is 1. The Bertz CT molecular complexity index is 981. The van der Waals surface area contributed by atoms with Crippen molar-refractivity contribution in [2.75, 3.05) is 6.79 Å². The van der Waals surface area contributed by atoms with Crippen LogP contribution in [0.15, 0.2) is 40.8 Å². The molecule has 1 aromatic heterocycles. The van der Waals surface area contributed by atoms with Crippen molar-refractivity contribution in [3.63, 3.8) is 0 Å². The standard InChI is InChI=1S/C17H10Cl2O3S/c18-10-1-2-14-12(4-10)16(23)6-15(22-14)13-5-11(19)3-9-7-20-8-21-17(9)13/h1-6H,7-8H2. The van der Waals surface area contributed by atoms with Gasteiger partial charge in [0.25, 0.3) is 0 Å². The quantitative estimate of drug-likeness (QED) is 0.495. The van der Waals surface area contributed by atoms with E-state index in [1.54, 1.807) is 30.3 Å². The summed E-state index contributed by atoms with van der Waals surface area (Å²) in [4.78, 5) is 0. The highest BCUT2D eigenvalue weighted by molar-refractivity contribution is 7.71. The van der Waals surface area contributed by atoms with E-state index in [-0.39, 0.29) is 6.79 Å². The second kappa shape index (κ2) is 5.80. The highest BCUT2D eigenvalue weighted by Crippen LogP contribution is 2.39. The molecule has 23 heavy (non-hydrogen) atoms. The van der Waals surface area contributed by atoms with Crippen LogP contribution in [0, 0.1) is 4.51 Å². The first-order valence-corrected chi connectivity index (χ1v) is 8.05. The highest BCUT2D eigenvalue weighted by Gasteiger charge is 2.19. The van der Waals surface area contributed by atoms with Crippen LogP contribution in [0.4, 0.5) is 0 Å². The zero-order valence-electron chi connectivity index (χ0n) is 11.8. The van der Waals surface area contributed by atoms with Gasteiger partial charge in [-0.25, -0.2) is 0 Å². The van der Waals surface area contributed by atoms with E-state index in [0.717, 1.165) is 16.5 Å². The SMILES string of the molecule is S=c1cc(-c2cc(Cl)cc3c2OCOC3)oc2ccc(Cl)cc12. The van der Waals surface area contributed by atoms with Crippen molar-refractivity contribution in [1.29, 1.82) is 0 Å². The molecule has 4 rings (SSSR count). The van der Waals surface area contributed by atoms with Gasteiger partial charge >= 0.3 is 0 Å². The van der Waals surface area contributed by atoms with Crippen LogP contribution in [0.25, 0.3) is 22.3 Å². The van der Waals surface area contributed by atoms with Crippen LogP contribution in [0.1, 0.15) is 5.56 Å². The summed E-state index contributed by atoms with van der Waals surface area (Å²) in [6, 6.07) is 10.8. The van der Waals surface area contributed by atoms with Crippen LogP contribution >= 0.6 is 35.4 Å². The molecule has 0 atom stereocenters. The maximum atomic E-state index is 6.21. The van der Waals surface area contributed by atoms with Gasteiger partial charge in [0.05, 0.1) is 16.7 Å². The Morgan fingerprint density at radius 2 is 1.87 bits per heavy atom. The predicted octanol–water partition coefficient (Wildman–Crippen LogP) is 6.00. The Balaban J connectivity index is 1.98. The number of benzene rings is 2. The zero-order chi connectivity index (χ0) is 16.0. The third kappa shape index (κ3) is 2.72. The van der Waals surface area contributed by atoms with E-state index in [1.165, 1.54) is 0 Å². The van der Waals surface area contributed by atoms with E-state index in [9.17, 15) is 0 Å². The number of halogens is 2. The Morgan fingerprint density at radius 3 is 2.74 bits per heavy atom. The van der Waals surface area contributed by atoms with Crippen molar-refractivity contribution in [2.45, 2.75) is 6.61 Å². The maximum absolute atomic E-state index is 6.21. The summed E-state index contributed by atoms with van der Waals surface area (Å²) in [5, 5.41) is 2.01. The Morgan fingerprint density at radius 1 is 1.00 bits per heavy atom. The lowest BCUT2D eigenvalue weighted by Crippen LogP contribution is -2.12. The van der Waals surface area contributed by atoms with Gasteiger partial charge in [-0.3, -0.25) is 0 Å². The summed E-state index contributed by atoms with van der Waals surface area (Å²) >= 11 is 17.7. The second-order valence-electron chi connectivity index (χ2n) is 5.17. The van der Waals surface area contributed by atoms with Gasteiger partial charge in [-0.2, -0.15) is 0 Å². The summed E-state index contributed by atoms with van der Waals surface area (Å²) in [7, 11) is 0. The lowest BCUT2D eigenvalue weighted by molar-refractivity contribution is -0.0159. The van der Waals surface area contributed by atoms with Gasteiger partial charge < -0.3 is 13.9 Å². The molecule has 0 saturated heterocycles. The Hall–Kier alpha value is -1.59. The molecule has 0 unspecified atom stereocenters. The van der Waals surface area contributed by atoms with Crippen molar-refractivity contribution in [2.24, 2.45) is 0 Å². The van der Waals surface area contributed by atoms with Gasteiger partial charge in [0.1, 0.15) is 17.1 Å². The van der Waals surface area contributed by atoms with Crippen molar-refractivity contribution < 1.29 is 13.9 Å². The van der Waals surface area contributed by atoms with E-state index in [1.807, 2.05) is 6.07 Å². The molecule has 2 aromatic carbocycles. The van der Waals surface area contributed by atoms with Gasteiger partial charge in [0.15, 0.2) is 6.79 Å². The van der Waals surface area contributed by atoms with Gasteiger partial charge in [0.2, 0.25) is 0 Å². The molecule has 116 valence electrons. The van der Waals surface area contributed by atoms with Crippen molar-refractivity contribution in [3.8, 4) is 17.1 Å². The van der Waals surface area contributed by atoms with Crippen LogP contribution < -0.4 is 4.74 Å². The first kappa shape index (κ1) is 15.0. The Labute approximate surface area is 147 Å². The van der Waals surface area contributed by atoms with E-state index < -0.39 is 0 Å². The number of hydrogen-bond acceptors (Lipinski definition) is 4. The highest BCUT2D eigenvalue weighted by atomic mass is 35.5. The van der Waals surface area contributed by atoms with Crippen LogP contribution in [0.2, 0.25) is 10.0 Å². The molecule has 1 aliphatic rings. The molecule has 0 fully saturated rings. The van der Waals surface area contributed by atoms with Crippen LogP contribution in [-0.2, 0) is 11.3 Å². The molecule has 6 heteroatoms. The molecule has 0 spiro atoms. The van der Waals surface area contributed by atoms with Crippen LogP contribution in [-0.4, -0.2) is 6.79 Å². The minimum atomic E-state index is 0.200. The van der Waals surface area contributed by atoms with E-state index >= 15 is 0 Å². The monoisotopic (exact) mass is 364 g/mol. The average Bonchev–Trinajstić information content (AvgIpc) is 2.54. The van der Waals surface area contributed by atoms with Gasteiger partial charge in [-0.05, 0) is 30.3 Å². The summed E-state index contributed by atoms with van der Waals surface area (Å²) in [5.74, 6) is 1.32. The molecule has 0 amide bonds. The average molecular weight is 365 g/mol. The van der Waals surface area contributed by atoms with Crippen LogP contribution in [0.5, 0.6) is 5.75 Å². The van der Waals surface area contributed by atoms with Crippen molar-refractivity contribution >= 4 is 46.4 Å². The minimum absolute atomic E-state index is 0.200. The molecule has 0 aliphatic carbocycles. The van der Waals surface area contributed by atoms with Crippen LogP contribution in [0.3, 0.4) is 0 Å². The maximum Gasteiger partial charge on any atom is 0.189 e.